The summed E-state index contributed by atoms with van der Waals surface area (Å²) >= 11 is 5.46. The molecule has 0 aromatic rings. The summed E-state index contributed by atoms with van der Waals surface area (Å²) in [5, 5.41) is 0. The predicted molar refractivity (Wildman–Crippen MR) is 53.3 cm³/mol. The van der Waals surface area contributed by atoms with Crippen LogP contribution in [0.2, 0.25) is 0 Å². The molecular formula is C9H18ClNO. The van der Waals surface area contributed by atoms with Crippen LogP contribution >= 0.6 is 11.6 Å². The van der Waals surface area contributed by atoms with Crippen molar-refractivity contribution in [1.82, 2.24) is 0 Å². The normalized spacial score (nSPS) is 17.6. The molecule has 2 N–H and O–H groups in total. The third-order valence-electron chi connectivity index (χ3n) is 1.76. The highest BCUT2D eigenvalue weighted by Crippen LogP contribution is 2.06. The molecule has 0 spiro atoms. The number of hydrogen-bond acceptors (Lipinski definition) is 2. The second kappa shape index (κ2) is 5.57. The van der Waals surface area contributed by atoms with Crippen molar-refractivity contribution in [2.24, 2.45) is 5.73 Å². The molecule has 0 aliphatic rings. The maximum Gasteiger partial charge on any atom is 0.0686 e. The summed E-state index contributed by atoms with van der Waals surface area (Å²) in [6.45, 7) is 7.09. The maximum atomic E-state index is 5.87. The van der Waals surface area contributed by atoms with E-state index in [0.717, 1.165) is 12.0 Å². The molecule has 3 heteroatoms. The lowest BCUT2D eigenvalue weighted by Gasteiger charge is -2.22. The molecule has 2 nitrogen and oxygen atoms in total. The lowest BCUT2D eigenvalue weighted by Crippen LogP contribution is -2.40. The average molecular weight is 192 g/mol. The van der Waals surface area contributed by atoms with Gasteiger partial charge >= 0.3 is 0 Å². The predicted octanol–water partition coefficient (Wildman–Crippen LogP) is 2.27. The van der Waals surface area contributed by atoms with Crippen molar-refractivity contribution in [2.45, 2.75) is 32.7 Å². The van der Waals surface area contributed by atoms with E-state index in [4.69, 9.17) is 22.1 Å². The molecule has 12 heavy (non-hydrogen) atoms. The Morgan fingerprint density at radius 1 is 1.67 bits per heavy atom. The Kier molecular flexibility index (Phi) is 5.55. The first-order valence-electron chi connectivity index (χ1n) is 4.14. The molecule has 0 aliphatic heterocycles. The zero-order chi connectivity index (χ0) is 9.61. The van der Waals surface area contributed by atoms with E-state index in [-0.39, 0.29) is 5.54 Å². The van der Waals surface area contributed by atoms with Crippen LogP contribution in [0.3, 0.4) is 0 Å². The molecule has 0 rings (SSSR count). The second-order valence-electron chi connectivity index (χ2n) is 3.46. The number of ether oxygens (including phenoxy) is 1. The maximum absolute atomic E-state index is 5.87. The Labute approximate surface area is 79.7 Å². The van der Waals surface area contributed by atoms with Crippen LogP contribution in [0, 0.1) is 0 Å². The molecule has 0 radical (unpaired) electrons. The van der Waals surface area contributed by atoms with Crippen LogP contribution < -0.4 is 5.73 Å². The smallest absolute Gasteiger partial charge is 0.0686 e. The Bertz CT molecular complexity index is 155. The van der Waals surface area contributed by atoms with E-state index >= 15 is 0 Å². The summed E-state index contributed by atoms with van der Waals surface area (Å²) in [6.07, 6.45) is 0.913. The number of nitrogens with two attached hydrogens (primary N) is 1. The lowest BCUT2D eigenvalue weighted by atomic mass is 10.0. The van der Waals surface area contributed by atoms with Gasteiger partial charge in [-0.1, -0.05) is 18.5 Å². The molecule has 0 saturated heterocycles. The van der Waals surface area contributed by atoms with Crippen LogP contribution in [0.25, 0.3) is 0 Å². The quantitative estimate of drug-likeness (QED) is 0.724. The first-order valence-corrected chi connectivity index (χ1v) is 4.58. The van der Waals surface area contributed by atoms with E-state index < -0.39 is 0 Å². The molecule has 1 atom stereocenters. The summed E-state index contributed by atoms with van der Waals surface area (Å²) in [7, 11) is 0. The van der Waals surface area contributed by atoms with Crippen molar-refractivity contribution in [3.63, 3.8) is 0 Å². The number of hydrogen-bond donors (Lipinski definition) is 1. The van der Waals surface area contributed by atoms with Gasteiger partial charge in [-0.05, 0) is 25.8 Å². The Morgan fingerprint density at radius 3 is 2.67 bits per heavy atom. The molecule has 0 saturated carbocycles. The first-order chi connectivity index (χ1) is 5.52. The number of halogens is 1. The van der Waals surface area contributed by atoms with Gasteiger partial charge in [-0.2, -0.15) is 0 Å². The van der Waals surface area contributed by atoms with Crippen LogP contribution in [-0.2, 0) is 4.74 Å². The second-order valence-corrected chi connectivity index (χ2v) is 3.67. The minimum absolute atomic E-state index is 0.216. The van der Waals surface area contributed by atoms with Crippen LogP contribution in [0.1, 0.15) is 27.2 Å². The third-order valence-corrected chi connectivity index (χ3v) is 2.13. The van der Waals surface area contributed by atoms with Crippen molar-refractivity contribution in [3.8, 4) is 0 Å². The SMILES string of the molecule is CCC(C)(N)COCC(C)=CCl. The highest BCUT2D eigenvalue weighted by Gasteiger charge is 2.14. The van der Waals surface area contributed by atoms with Gasteiger partial charge in [-0.15, -0.1) is 0 Å². The molecule has 0 aromatic carbocycles. The van der Waals surface area contributed by atoms with E-state index in [9.17, 15) is 0 Å². The van der Waals surface area contributed by atoms with Gasteiger partial charge in [0.1, 0.15) is 0 Å². The van der Waals surface area contributed by atoms with Crippen LogP contribution in [0.15, 0.2) is 11.1 Å². The molecule has 0 fully saturated rings. The molecule has 0 aliphatic carbocycles. The van der Waals surface area contributed by atoms with Gasteiger partial charge in [0.05, 0.1) is 13.2 Å². The zero-order valence-corrected chi connectivity index (χ0v) is 8.82. The zero-order valence-electron chi connectivity index (χ0n) is 8.06. The standard InChI is InChI=1S/C9H18ClNO/c1-4-9(3,11)7-12-6-8(2)5-10/h5H,4,6-7,11H2,1-3H3. The molecule has 0 bridgehead atoms. The molecule has 0 aromatic heterocycles. The van der Waals surface area contributed by atoms with Crippen LogP contribution in [0.5, 0.6) is 0 Å². The van der Waals surface area contributed by atoms with E-state index in [2.05, 4.69) is 0 Å². The largest absolute Gasteiger partial charge is 0.375 e. The van der Waals surface area contributed by atoms with Crippen molar-refractivity contribution >= 4 is 11.6 Å². The lowest BCUT2D eigenvalue weighted by molar-refractivity contribution is 0.107. The van der Waals surface area contributed by atoms with Crippen molar-refractivity contribution in [3.05, 3.63) is 11.1 Å². The van der Waals surface area contributed by atoms with Crippen LogP contribution in [-0.4, -0.2) is 18.8 Å². The molecule has 72 valence electrons. The van der Waals surface area contributed by atoms with Crippen LogP contribution in [0.4, 0.5) is 0 Å². The summed E-state index contributed by atoms with van der Waals surface area (Å²) in [5.41, 5.74) is 8.20. The molecule has 1 unspecified atom stereocenters. The highest BCUT2D eigenvalue weighted by atomic mass is 35.5. The van der Waals surface area contributed by atoms with E-state index in [1.54, 1.807) is 0 Å². The highest BCUT2D eigenvalue weighted by molar-refractivity contribution is 6.25. The average Bonchev–Trinajstić information content (AvgIpc) is 2.04. The van der Waals surface area contributed by atoms with E-state index in [1.807, 2.05) is 20.8 Å². The fourth-order valence-electron chi connectivity index (χ4n) is 0.579. The summed E-state index contributed by atoms with van der Waals surface area (Å²) in [4.78, 5) is 0. The van der Waals surface area contributed by atoms with Crippen molar-refractivity contribution in [2.75, 3.05) is 13.2 Å². The topological polar surface area (TPSA) is 35.2 Å². The Morgan fingerprint density at radius 2 is 2.25 bits per heavy atom. The Hall–Kier alpha value is -0.0500. The summed E-state index contributed by atoms with van der Waals surface area (Å²) in [5.74, 6) is 0. The van der Waals surface area contributed by atoms with Gasteiger partial charge in [0, 0.05) is 11.1 Å². The fourth-order valence-corrected chi connectivity index (χ4v) is 0.642. The summed E-state index contributed by atoms with van der Waals surface area (Å²) in [6, 6.07) is 0. The van der Waals surface area contributed by atoms with Gasteiger partial charge in [-0.25, -0.2) is 0 Å². The fraction of sp³-hybridized carbons (Fsp3) is 0.778. The van der Waals surface area contributed by atoms with Gasteiger partial charge < -0.3 is 10.5 Å². The summed E-state index contributed by atoms with van der Waals surface area (Å²) < 4.78 is 5.36. The molecular weight excluding hydrogens is 174 g/mol. The van der Waals surface area contributed by atoms with Crippen molar-refractivity contribution in [1.29, 1.82) is 0 Å². The van der Waals surface area contributed by atoms with Crippen molar-refractivity contribution < 1.29 is 4.74 Å². The van der Waals surface area contributed by atoms with Gasteiger partial charge in [0.25, 0.3) is 0 Å². The van der Waals surface area contributed by atoms with E-state index in [1.165, 1.54) is 5.54 Å². The Balaban J connectivity index is 3.56. The third kappa shape index (κ3) is 5.58. The first kappa shape index (κ1) is 11.9. The minimum atomic E-state index is -0.216. The van der Waals surface area contributed by atoms with E-state index in [0.29, 0.717) is 13.2 Å². The molecule has 0 amide bonds. The van der Waals surface area contributed by atoms with Gasteiger partial charge in [-0.3, -0.25) is 0 Å². The minimum Gasteiger partial charge on any atom is -0.375 e. The van der Waals surface area contributed by atoms with Gasteiger partial charge in [0.2, 0.25) is 0 Å². The number of rotatable bonds is 5. The molecule has 0 heterocycles. The van der Waals surface area contributed by atoms with Gasteiger partial charge in [0.15, 0.2) is 0 Å². The monoisotopic (exact) mass is 191 g/mol.